The molecule has 440 valence electrons. The number of phosphoric ester groups is 1. The predicted octanol–water partition coefficient (Wildman–Crippen LogP) is 19.8. The topological polar surface area (TPSA) is 108 Å². The lowest BCUT2D eigenvalue weighted by Gasteiger charge is -2.24. The third kappa shape index (κ3) is 60.4. The molecule has 0 saturated heterocycles. The number of carbonyl (C=O) groups is 2. The summed E-state index contributed by atoms with van der Waals surface area (Å²) < 4.78 is 34.6. The fraction of sp³-hybridized carbons (Fsp3) is 0.758. The first-order chi connectivity index (χ1) is 37.0. The summed E-state index contributed by atoms with van der Waals surface area (Å²) in [6.45, 7) is 4.30. The van der Waals surface area contributed by atoms with E-state index in [2.05, 4.69) is 98.9 Å². The number of rotatable bonds is 57. The summed E-state index contributed by atoms with van der Waals surface area (Å²) in [5, 5.41) is 0. The number of phosphoric acid groups is 1. The van der Waals surface area contributed by atoms with E-state index >= 15 is 0 Å². The summed E-state index contributed by atoms with van der Waals surface area (Å²) in [4.78, 5) is 35.7. The molecule has 0 aromatic carbocycles. The molecule has 0 radical (unpaired) electrons. The maximum absolute atomic E-state index is 12.8. The van der Waals surface area contributed by atoms with Crippen molar-refractivity contribution in [3.63, 3.8) is 0 Å². The number of hydrogen-bond acceptors (Lipinski definition) is 7. The molecular formula is C66H119NO8P+. The van der Waals surface area contributed by atoms with Gasteiger partial charge >= 0.3 is 19.8 Å². The Hall–Kier alpha value is -2.81. The van der Waals surface area contributed by atoms with Crippen LogP contribution in [0.2, 0.25) is 0 Å². The molecule has 0 fully saturated rings. The molecule has 2 atom stereocenters. The van der Waals surface area contributed by atoms with E-state index in [1.165, 1.54) is 154 Å². The number of ether oxygens (including phenoxy) is 2. The number of hydrogen-bond donors (Lipinski definition) is 1. The number of unbranched alkanes of at least 4 members (excludes halogenated alkanes) is 29. The van der Waals surface area contributed by atoms with Gasteiger partial charge in [-0.15, -0.1) is 0 Å². The van der Waals surface area contributed by atoms with Crippen LogP contribution >= 0.6 is 7.82 Å². The molecule has 0 aliphatic rings. The number of allylic oxidation sites excluding steroid dienone is 14. The van der Waals surface area contributed by atoms with E-state index in [9.17, 15) is 19.0 Å². The van der Waals surface area contributed by atoms with Crippen molar-refractivity contribution in [3.05, 3.63) is 85.1 Å². The average molecular weight is 1090 g/mol. The highest BCUT2D eigenvalue weighted by Gasteiger charge is 2.27. The number of nitrogens with zero attached hydrogens (tertiary/aromatic N) is 1. The van der Waals surface area contributed by atoms with Gasteiger partial charge in [-0.1, -0.05) is 253 Å². The summed E-state index contributed by atoms with van der Waals surface area (Å²) in [7, 11) is 1.47. The average Bonchev–Trinajstić information content (AvgIpc) is 3.38. The Morgan fingerprint density at radius 2 is 0.750 bits per heavy atom. The van der Waals surface area contributed by atoms with Crippen molar-refractivity contribution in [2.45, 2.75) is 277 Å². The van der Waals surface area contributed by atoms with Gasteiger partial charge in [0.15, 0.2) is 6.10 Å². The van der Waals surface area contributed by atoms with E-state index < -0.39 is 26.5 Å². The van der Waals surface area contributed by atoms with E-state index in [0.717, 1.165) is 83.5 Å². The van der Waals surface area contributed by atoms with Crippen LogP contribution in [0.5, 0.6) is 0 Å². The van der Waals surface area contributed by atoms with E-state index in [-0.39, 0.29) is 32.0 Å². The summed E-state index contributed by atoms with van der Waals surface area (Å²) in [6, 6.07) is 0. The molecule has 0 heterocycles. The lowest BCUT2D eigenvalue weighted by molar-refractivity contribution is -0.870. The molecule has 1 N–H and O–H groups in total. The minimum absolute atomic E-state index is 0.0290. The maximum atomic E-state index is 12.8. The van der Waals surface area contributed by atoms with Crippen molar-refractivity contribution in [2.24, 2.45) is 0 Å². The molecule has 9 nitrogen and oxygen atoms in total. The van der Waals surface area contributed by atoms with E-state index in [0.29, 0.717) is 17.4 Å². The Balaban J connectivity index is 4.02. The smallest absolute Gasteiger partial charge is 0.462 e. The lowest BCUT2D eigenvalue weighted by Crippen LogP contribution is -2.37. The van der Waals surface area contributed by atoms with E-state index in [4.69, 9.17) is 18.5 Å². The van der Waals surface area contributed by atoms with Gasteiger partial charge in [-0.2, -0.15) is 0 Å². The van der Waals surface area contributed by atoms with Gasteiger partial charge < -0.3 is 18.9 Å². The molecular weight excluding hydrogens is 966 g/mol. The highest BCUT2D eigenvalue weighted by Crippen LogP contribution is 2.43. The van der Waals surface area contributed by atoms with Crippen LogP contribution in [0.4, 0.5) is 0 Å². The number of esters is 2. The van der Waals surface area contributed by atoms with Crippen LogP contribution in [-0.2, 0) is 32.7 Å². The van der Waals surface area contributed by atoms with Crippen LogP contribution in [0.3, 0.4) is 0 Å². The second-order valence-electron chi connectivity index (χ2n) is 22.1. The number of quaternary nitrogens is 1. The Bertz CT molecular complexity index is 1560. The van der Waals surface area contributed by atoms with Crippen molar-refractivity contribution in [3.8, 4) is 0 Å². The number of carbonyl (C=O) groups excluding carboxylic acids is 2. The van der Waals surface area contributed by atoms with Gasteiger partial charge in [-0.3, -0.25) is 18.6 Å². The Morgan fingerprint density at radius 1 is 0.421 bits per heavy atom. The van der Waals surface area contributed by atoms with Crippen LogP contribution in [-0.4, -0.2) is 74.9 Å². The molecule has 10 heteroatoms. The highest BCUT2D eigenvalue weighted by molar-refractivity contribution is 7.47. The highest BCUT2D eigenvalue weighted by atomic mass is 31.2. The minimum atomic E-state index is -4.39. The molecule has 0 rings (SSSR count). The third-order valence-corrected chi connectivity index (χ3v) is 14.4. The Labute approximate surface area is 469 Å². The standard InChI is InChI=1S/C66H118NO8P/c1-6-8-10-12-14-16-18-20-22-24-25-26-27-28-29-30-31-32-33-34-35-36-37-38-39-40-41-43-45-47-49-51-53-55-57-59-66(69)75-64(63-74-76(70,71)73-61-60-67(3,4)5)62-72-65(68)58-56-54-52-50-48-46-44-42-23-21-19-17-15-13-11-9-7-2/h8,10,14-17,20-23,25-26,28-29,64H,6-7,9,11-13,18-19,24,27,30-63H2,1-5H3/p+1/b10-8-,16-14-,17-15-,22-20-,23-21-,26-25-,29-28-. The zero-order chi connectivity index (χ0) is 55.6. The SMILES string of the molecule is CC/C=C\C/C=C\C/C=C\C/C=C\C/C=C\CCCCCCCCCCCCCCCCCCCCCC(=O)OC(COC(=O)CCCCCCCCC/C=C\C/C=C\CCCCC)COP(=O)(O)OCC[N+](C)(C)C. The van der Waals surface area contributed by atoms with Crippen molar-refractivity contribution in [2.75, 3.05) is 47.5 Å². The molecule has 0 amide bonds. The van der Waals surface area contributed by atoms with Crippen molar-refractivity contribution in [1.82, 2.24) is 0 Å². The fourth-order valence-corrected chi connectivity index (χ4v) is 9.34. The predicted molar refractivity (Wildman–Crippen MR) is 325 cm³/mol. The molecule has 0 spiro atoms. The molecule has 0 aliphatic heterocycles. The van der Waals surface area contributed by atoms with Gasteiger partial charge in [-0.25, -0.2) is 4.57 Å². The fourth-order valence-electron chi connectivity index (χ4n) is 8.60. The Morgan fingerprint density at radius 3 is 1.12 bits per heavy atom. The van der Waals surface area contributed by atoms with Crippen LogP contribution in [0.25, 0.3) is 0 Å². The Kier molecular flexibility index (Phi) is 54.8. The number of likely N-dealkylation sites (N-methyl/N-ethyl adjacent to an activating group) is 1. The third-order valence-electron chi connectivity index (χ3n) is 13.4. The summed E-state index contributed by atoms with van der Waals surface area (Å²) >= 11 is 0. The van der Waals surface area contributed by atoms with Gasteiger partial charge in [0.2, 0.25) is 0 Å². The second-order valence-corrected chi connectivity index (χ2v) is 23.5. The van der Waals surface area contributed by atoms with Crippen molar-refractivity contribution < 1.29 is 42.1 Å². The van der Waals surface area contributed by atoms with Gasteiger partial charge in [0.1, 0.15) is 19.8 Å². The van der Waals surface area contributed by atoms with Gasteiger partial charge in [0, 0.05) is 12.8 Å². The first-order valence-electron chi connectivity index (χ1n) is 31.3. The van der Waals surface area contributed by atoms with Gasteiger partial charge in [0.25, 0.3) is 0 Å². The molecule has 0 aliphatic carbocycles. The molecule has 0 bridgehead atoms. The first-order valence-corrected chi connectivity index (χ1v) is 32.8. The van der Waals surface area contributed by atoms with E-state index in [1.54, 1.807) is 0 Å². The summed E-state index contributed by atoms with van der Waals surface area (Å²) in [5.41, 5.74) is 0. The zero-order valence-corrected chi connectivity index (χ0v) is 50.9. The van der Waals surface area contributed by atoms with Crippen LogP contribution in [0.1, 0.15) is 271 Å². The summed E-state index contributed by atoms with van der Waals surface area (Å²) in [5.74, 6) is -0.800. The first kappa shape index (κ1) is 73.2. The van der Waals surface area contributed by atoms with Crippen LogP contribution in [0.15, 0.2) is 85.1 Å². The van der Waals surface area contributed by atoms with Gasteiger partial charge in [-0.05, 0) is 89.9 Å². The molecule has 0 aromatic heterocycles. The molecule has 0 saturated carbocycles. The van der Waals surface area contributed by atoms with Gasteiger partial charge in [0.05, 0.1) is 27.7 Å². The normalized spacial score (nSPS) is 13.8. The quantitative estimate of drug-likeness (QED) is 0.0211. The second kappa shape index (κ2) is 56.9. The largest absolute Gasteiger partial charge is 0.472 e. The maximum Gasteiger partial charge on any atom is 0.472 e. The monoisotopic (exact) mass is 1080 g/mol. The van der Waals surface area contributed by atoms with Crippen molar-refractivity contribution in [1.29, 1.82) is 0 Å². The zero-order valence-electron chi connectivity index (χ0n) is 50.0. The van der Waals surface area contributed by atoms with E-state index in [1.807, 2.05) is 21.1 Å². The molecule has 76 heavy (non-hydrogen) atoms. The van der Waals surface area contributed by atoms with Crippen LogP contribution in [0, 0.1) is 0 Å². The lowest BCUT2D eigenvalue weighted by atomic mass is 10.0. The molecule has 2 unspecified atom stereocenters. The van der Waals surface area contributed by atoms with Crippen molar-refractivity contribution >= 4 is 19.8 Å². The summed E-state index contributed by atoms with van der Waals surface area (Å²) in [6.07, 6.45) is 76.7. The minimum Gasteiger partial charge on any atom is -0.462 e. The van der Waals surface area contributed by atoms with Crippen LogP contribution < -0.4 is 0 Å². The molecule has 0 aromatic rings.